The van der Waals surface area contributed by atoms with Crippen LogP contribution in [-0.2, 0) is 19.6 Å². The molecule has 0 radical (unpaired) electrons. The van der Waals surface area contributed by atoms with Gasteiger partial charge in [-0.05, 0) is 11.3 Å². The fourth-order valence-electron chi connectivity index (χ4n) is 2.75. The standard InChI is InChI=1S/C14H22N6O7S2/c1-27-11-6-8(17-18-14-16-7-12(28-14)20(23)24)9(19-29(2,25)26)5-10(11)15-4-3-13(21)22/h7,10-11,15,17,19H,3-6H2,1-2H3,(H,16,18)(H,21,22). The lowest BCUT2D eigenvalue weighted by atomic mass is 9.93. The molecule has 0 saturated heterocycles. The highest BCUT2D eigenvalue weighted by Gasteiger charge is 2.31. The van der Waals surface area contributed by atoms with Gasteiger partial charge in [0, 0.05) is 38.2 Å². The van der Waals surface area contributed by atoms with Gasteiger partial charge in [0.15, 0.2) is 0 Å². The van der Waals surface area contributed by atoms with Gasteiger partial charge in [0.1, 0.15) is 6.20 Å². The molecule has 1 aliphatic carbocycles. The Labute approximate surface area is 170 Å². The number of ether oxygens (including phenoxy) is 1. The van der Waals surface area contributed by atoms with Crippen molar-refractivity contribution < 1.29 is 28.0 Å². The van der Waals surface area contributed by atoms with Crippen LogP contribution in [0.3, 0.4) is 0 Å². The van der Waals surface area contributed by atoms with Crippen LogP contribution in [0.4, 0.5) is 10.1 Å². The highest BCUT2D eigenvalue weighted by atomic mass is 32.2. The van der Waals surface area contributed by atoms with Crippen molar-refractivity contribution in [2.45, 2.75) is 31.4 Å². The van der Waals surface area contributed by atoms with Crippen molar-refractivity contribution in [2.75, 3.05) is 25.3 Å². The molecule has 0 fully saturated rings. The number of methoxy groups -OCH3 is 1. The Morgan fingerprint density at radius 2 is 2.14 bits per heavy atom. The lowest BCUT2D eigenvalue weighted by Crippen LogP contribution is -2.48. The SMILES string of the molecule is COC1CC(NNc2ncc([N+](=O)[O-])s2)=C(NS(C)(=O)=O)CC1NCCC(=O)O. The molecule has 15 heteroatoms. The first-order valence-electron chi connectivity index (χ1n) is 8.39. The summed E-state index contributed by atoms with van der Waals surface area (Å²) in [5, 5.41) is 22.7. The Kier molecular flexibility index (Phi) is 7.72. The van der Waals surface area contributed by atoms with Crippen molar-refractivity contribution in [3.8, 4) is 0 Å². The number of hydrogen-bond donors (Lipinski definition) is 5. The van der Waals surface area contributed by atoms with E-state index in [0.717, 1.165) is 23.8 Å². The summed E-state index contributed by atoms with van der Waals surface area (Å²) < 4.78 is 31.4. The number of aromatic nitrogens is 1. The third-order valence-electron chi connectivity index (χ3n) is 3.99. The van der Waals surface area contributed by atoms with E-state index in [1.54, 1.807) is 0 Å². The number of hydrogen-bond acceptors (Lipinski definition) is 11. The maximum atomic E-state index is 11.8. The summed E-state index contributed by atoms with van der Waals surface area (Å²) in [4.78, 5) is 24.8. The summed E-state index contributed by atoms with van der Waals surface area (Å²) in [6.07, 6.45) is 2.20. The minimum Gasteiger partial charge on any atom is -0.481 e. The minimum atomic E-state index is -3.57. The number of hydrazine groups is 1. The summed E-state index contributed by atoms with van der Waals surface area (Å²) in [7, 11) is -2.07. The zero-order valence-corrected chi connectivity index (χ0v) is 17.3. The molecule has 0 bridgehead atoms. The van der Waals surface area contributed by atoms with Gasteiger partial charge < -0.3 is 20.6 Å². The maximum absolute atomic E-state index is 11.8. The second kappa shape index (κ2) is 9.82. The van der Waals surface area contributed by atoms with Crippen molar-refractivity contribution >= 4 is 37.5 Å². The van der Waals surface area contributed by atoms with E-state index < -0.39 is 20.9 Å². The van der Waals surface area contributed by atoms with E-state index in [9.17, 15) is 23.3 Å². The van der Waals surface area contributed by atoms with E-state index in [1.165, 1.54) is 7.11 Å². The topological polar surface area (TPSA) is 185 Å². The number of rotatable bonds is 11. The predicted octanol–water partition coefficient (Wildman–Crippen LogP) is -0.0297. The molecule has 0 aliphatic heterocycles. The third-order valence-corrected chi connectivity index (χ3v) is 5.47. The molecule has 1 aromatic heterocycles. The number of sulfonamides is 1. The molecule has 13 nitrogen and oxygen atoms in total. The Morgan fingerprint density at radius 1 is 1.41 bits per heavy atom. The lowest BCUT2D eigenvalue weighted by Gasteiger charge is -2.34. The molecule has 0 saturated carbocycles. The summed E-state index contributed by atoms with van der Waals surface area (Å²) >= 11 is 0.821. The lowest BCUT2D eigenvalue weighted by molar-refractivity contribution is -0.380. The third kappa shape index (κ3) is 7.12. The Hall–Kier alpha value is -2.49. The summed E-state index contributed by atoms with van der Waals surface area (Å²) in [6.45, 7) is 0.204. The summed E-state index contributed by atoms with van der Waals surface area (Å²) in [5.74, 6) is -0.948. The number of carboxylic acids is 1. The van der Waals surface area contributed by atoms with Crippen molar-refractivity contribution in [3.63, 3.8) is 0 Å². The van der Waals surface area contributed by atoms with Gasteiger partial charge in [-0.25, -0.2) is 13.4 Å². The molecule has 0 amide bonds. The van der Waals surface area contributed by atoms with Crippen LogP contribution in [0.25, 0.3) is 0 Å². The number of nitro groups is 1. The van der Waals surface area contributed by atoms with Crippen molar-refractivity contribution in [1.82, 2.24) is 20.4 Å². The molecule has 162 valence electrons. The first kappa shape index (κ1) is 22.8. The number of aliphatic carboxylic acids is 1. The van der Waals surface area contributed by atoms with Crippen LogP contribution < -0.4 is 20.9 Å². The number of thiazole rings is 1. The monoisotopic (exact) mass is 450 g/mol. The molecule has 1 aliphatic rings. The van der Waals surface area contributed by atoms with Crippen molar-refractivity contribution in [3.05, 3.63) is 27.7 Å². The minimum absolute atomic E-state index is 0.0824. The second-order valence-corrected chi connectivity index (χ2v) is 8.99. The Bertz CT molecular complexity index is 885. The smallest absolute Gasteiger partial charge is 0.345 e. The van der Waals surface area contributed by atoms with Gasteiger partial charge in [-0.2, -0.15) is 0 Å². The first-order chi connectivity index (χ1) is 13.6. The molecule has 1 aromatic rings. The van der Waals surface area contributed by atoms with Gasteiger partial charge in [0.2, 0.25) is 15.2 Å². The summed E-state index contributed by atoms with van der Waals surface area (Å²) in [6, 6.07) is -0.310. The summed E-state index contributed by atoms with van der Waals surface area (Å²) in [5.41, 5.74) is 6.43. The molecular formula is C14H22N6O7S2. The zero-order valence-electron chi connectivity index (χ0n) is 15.7. The number of anilines is 1. The molecule has 0 spiro atoms. The average molecular weight is 450 g/mol. The van der Waals surface area contributed by atoms with E-state index in [1.807, 2.05) is 0 Å². The quantitative estimate of drug-likeness (QED) is 0.225. The van der Waals surface area contributed by atoms with Crippen molar-refractivity contribution in [1.29, 1.82) is 0 Å². The maximum Gasteiger partial charge on any atom is 0.345 e. The van der Waals surface area contributed by atoms with Gasteiger partial charge in [0.05, 0.1) is 29.4 Å². The molecule has 2 rings (SSSR count). The van der Waals surface area contributed by atoms with E-state index in [4.69, 9.17) is 9.84 Å². The number of nitrogens with zero attached hydrogens (tertiary/aromatic N) is 2. The molecule has 29 heavy (non-hydrogen) atoms. The van der Waals surface area contributed by atoms with Gasteiger partial charge in [-0.1, -0.05) is 0 Å². The van der Waals surface area contributed by atoms with Crippen molar-refractivity contribution in [2.24, 2.45) is 0 Å². The number of nitrogens with one attached hydrogen (secondary N) is 4. The van der Waals surface area contributed by atoms with Crippen LogP contribution in [-0.4, -0.2) is 61.5 Å². The fraction of sp³-hybridized carbons (Fsp3) is 0.571. The van der Waals surface area contributed by atoms with Gasteiger partial charge in [0.25, 0.3) is 0 Å². The van der Waals surface area contributed by atoms with E-state index in [0.29, 0.717) is 11.4 Å². The van der Waals surface area contributed by atoms with Gasteiger partial charge >= 0.3 is 11.0 Å². The fourth-order valence-corrected chi connectivity index (χ4v) is 3.99. The molecule has 5 N–H and O–H groups in total. The largest absolute Gasteiger partial charge is 0.481 e. The highest BCUT2D eigenvalue weighted by Crippen LogP contribution is 2.27. The number of carboxylic acid groups (broad SMARTS) is 1. The van der Waals surface area contributed by atoms with Gasteiger partial charge in [-0.3, -0.25) is 25.1 Å². The molecule has 2 atom stereocenters. The highest BCUT2D eigenvalue weighted by molar-refractivity contribution is 7.88. The van der Waals surface area contributed by atoms with E-state index >= 15 is 0 Å². The number of carbonyl (C=O) groups is 1. The Morgan fingerprint density at radius 3 is 2.69 bits per heavy atom. The first-order valence-corrected chi connectivity index (χ1v) is 11.1. The molecule has 2 unspecified atom stereocenters. The molecular weight excluding hydrogens is 428 g/mol. The van der Waals surface area contributed by atoms with Crippen LogP contribution in [0.15, 0.2) is 17.6 Å². The van der Waals surface area contributed by atoms with Crippen LogP contribution in [0.2, 0.25) is 0 Å². The zero-order chi connectivity index (χ0) is 21.6. The predicted molar refractivity (Wildman–Crippen MR) is 105 cm³/mol. The van der Waals surface area contributed by atoms with E-state index in [2.05, 4.69) is 25.9 Å². The second-order valence-electron chi connectivity index (χ2n) is 6.23. The molecule has 1 heterocycles. The molecule has 0 aromatic carbocycles. The van der Waals surface area contributed by atoms with E-state index in [-0.39, 0.29) is 48.1 Å². The van der Waals surface area contributed by atoms with Crippen LogP contribution in [0.1, 0.15) is 19.3 Å². The van der Waals surface area contributed by atoms with Crippen LogP contribution in [0.5, 0.6) is 0 Å². The van der Waals surface area contributed by atoms with Gasteiger partial charge in [-0.15, -0.1) is 0 Å². The van der Waals surface area contributed by atoms with Crippen LogP contribution >= 0.6 is 11.3 Å². The Balaban J connectivity index is 2.16. The normalized spacial score (nSPS) is 19.7. The average Bonchev–Trinajstić information content (AvgIpc) is 3.08. The van der Waals surface area contributed by atoms with Crippen LogP contribution in [0, 0.1) is 10.1 Å².